The predicted octanol–water partition coefficient (Wildman–Crippen LogP) is 2.22. The summed E-state index contributed by atoms with van der Waals surface area (Å²) in [6.07, 6.45) is 8.76. The number of piperidine rings is 1. The quantitative estimate of drug-likeness (QED) is 0.868. The Morgan fingerprint density at radius 3 is 3.12 bits per heavy atom. The smallest absolute Gasteiger partial charge is 0.317 e. The molecule has 0 bridgehead atoms. The van der Waals surface area contributed by atoms with Gasteiger partial charge in [-0.3, -0.25) is 0 Å². The maximum atomic E-state index is 12.4. The van der Waals surface area contributed by atoms with E-state index in [9.17, 15) is 4.79 Å². The summed E-state index contributed by atoms with van der Waals surface area (Å²) in [4.78, 5) is 19.0. The van der Waals surface area contributed by atoms with Gasteiger partial charge in [-0.15, -0.1) is 0 Å². The van der Waals surface area contributed by atoms with Crippen LogP contribution in [-0.2, 0) is 24.1 Å². The largest absolute Gasteiger partial charge is 0.381 e. The van der Waals surface area contributed by atoms with Gasteiger partial charge in [-0.05, 0) is 32.6 Å². The number of rotatable bonds is 6. The molecule has 0 aliphatic carbocycles. The topological polar surface area (TPSA) is 59.4 Å². The number of nitrogens with one attached hydrogen (secondary N) is 1. The molecule has 0 radical (unpaired) electrons. The minimum Gasteiger partial charge on any atom is -0.381 e. The van der Waals surface area contributed by atoms with Crippen molar-refractivity contribution in [3.8, 4) is 0 Å². The molecule has 1 atom stereocenters. The average molecular weight is 334 g/mol. The summed E-state index contributed by atoms with van der Waals surface area (Å²) in [6, 6.07) is 0.0557. The summed E-state index contributed by atoms with van der Waals surface area (Å²) in [5, 5.41) is 3.05. The Kier molecular flexibility index (Phi) is 6.12. The minimum absolute atomic E-state index is 0.0557. The average Bonchev–Trinajstić information content (AvgIpc) is 3.03. The van der Waals surface area contributed by atoms with E-state index in [2.05, 4.69) is 21.1 Å². The monoisotopic (exact) mass is 334 g/mol. The number of hydrogen-bond donors (Lipinski definition) is 1. The molecule has 6 heteroatoms. The Bertz CT molecular complexity index is 520. The molecule has 24 heavy (non-hydrogen) atoms. The molecule has 0 aromatic carbocycles. The van der Waals surface area contributed by atoms with Crippen molar-refractivity contribution in [3.63, 3.8) is 0 Å². The van der Waals surface area contributed by atoms with E-state index in [1.807, 2.05) is 11.8 Å². The van der Waals surface area contributed by atoms with Gasteiger partial charge in [0.2, 0.25) is 0 Å². The molecule has 134 valence electrons. The molecule has 2 aliphatic heterocycles. The van der Waals surface area contributed by atoms with Gasteiger partial charge >= 0.3 is 6.03 Å². The van der Waals surface area contributed by atoms with Crippen LogP contribution in [0.25, 0.3) is 0 Å². The van der Waals surface area contributed by atoms with E-state index in [1.54, 1.807) is 0 Å². The van der Waals surface area contributed by atoms with Crippen molar-refractivity contribution in [3.05, 3.63) is 17.7 Å². The van der Waals surface area contributed by atoms with Crippen molar-refractivity contribution in [2.45, 2.75) is 52.0 Å². The maximum absolute atomic E-state index is 12.4. The van der Waals surface area contributed by atoms with E-state index in [0.717, 1.165) is 64.2 Å². The summed E-state index contributed by atoms with van der Waals surface area (Å²) in [5.74, 6) is 1.68. The van der Waals surface area contributed by atoms with Crippen molar-refractivity contribution in [1.82, 2.24) is 19.8 Å². The van der Waals surface area contributed by atoms with Crippen LogP contribution in [0.3, 0.4) is 0 Å². The van der Waals surface area contributed by atoms with E-state index < -0.39 is 0 Å². The summed E-state index contributed by atoms with van der Waals surface area (Å²) in [6.45, 7) is 6.93. The number of carbonyl (C=O) groups is 1. The van der Waals surface area contributed by atoms with Gasteiger partial charge < -0.3 is 19.5 Å². The third-order valence-electron chi connectivity index (χ3n) is 4.98. The molecule has 2 aliphatic rings. The number of aryl methyl sites for hydroxylation is 2. The number of imidazole rings is 1. The zero-order valence-corrected chi connectivity index (χ0v) is 14.8. The molecule has 1 aromatic rings. The van der Waals surface area contributed by atoms with Gasteiger partial charge in [0.15, 0.2) is 0 Å². The molecule has 1 saturated heterocycles. The van der Waals surface area contributed by atoms with Crippen LogP contribution >= 0.6 is 0 Å². The molecule has 0 spiro atoms. The van der Waals surface area contributed by atoms with Crippen molar-refractivity contribution in [1.29, 1.82) is 0 Å². The lowest BCUT2D eigenvalue weighted by Gasteiger charge is -2.32. The van der Waals surface area contributed by atoms with Gasteiger partial charge in [-0.2, -0.15) is 0 Å². The number of hydrogen-bond acceptors (Lipinski definition) is 3. The number of ether oxygens (including phenoxy) is 1. The number of likely N-dealkylation sites (tertiary alicyclic amines) is 1. The molecule has 1 fully saturated rings. The Morgan fingerprint density at radius 2 is 2.29 bits per heavy atom. The fraction of sp³-hybridized carbons (Fsp3) is 0.778. The highest BCUT2D eigenvalue weighted by molar-refractivity contribution is 5.74. The van der Waals surface area contributed by atoms with Crippen LogP contribution in [0.5, 0.6) is 0 Å². The Labute approximate surface area is 144 Å². The molecule has 2 amide bonds. The second-order valence-electron chi connectivity index (χ2n) is 6.89. The second-order valence-corrected chi connectivity index (χ2v) is 6.89. The molecule has 0 saturated carbocycles. The molecule has 1 N–H and O–H groups in total. The Balaban J connectivity index is 1.41. The van der Waals surface area contributed by atoms with Gasteiger partial charge in [-0.1, -0.05) is 0 Å². The minimum atomic E-state index is 0.0557. The lowest BCUT2D eigenvalue weighted by molar-refractivity contribution is 0.0757. The number of fused-ring (bicyclic) bond motifs is 1. The van der Waals surface area contributed by atoms with E-state index >= 15 is 0 Å². The molecule has 1 aromatic heterocycles. The highest BCUT2D eigenvalue weighted by Crippen LogP contribution is 2.17. The van der Waals surface area contributed by atoms with Gasteiger partial charge in [0, 0.05) is 57.7 Å². The molecular formula is C18H30N4O2. The van der Waals surface area contributed by atoms with Crippen LogP contribution in [0.15, 0.2) is 6.20 Å². The molecule has 3 rings (SSSR count). The summed E-state index contributed by atoms with van der Waals surface area (Å²) >= 11 is 0. The number of aromatic nitrogens is 2. The Morgan fingerprint density at radius 1 is 1.38 bits per heavy atom. The van der Waals surface area contributed by atoms with Crippen molar-refractivity contribution in [2.75, 3.05) is 32.8 Å². The fourth-order valence-corrected chi connectivity index (χ4v) is 3.67. The summed E-state index contributed by atoms with van der Waals surface area (Å²) < 4.78 is 7.78. The van der Waals surface area contributed by atoms with Crippen LogP contribution in [0.4, 0.5) is 4.79 Å². The zero-order valence-electron chi connectivity index (χ0n) is 14.8. The van der Waals surface area contributed by atoms with Crippen LogP contribution < -0.4 is 5.32 Å². The molecule has 1 unspecified atom stereocenters. The van der Waals surface area contributed by atoms with Gasteiger partial charge in [0.25, 0.3) is 0 Å². The fourth-order valence-electron chi connectivity index (χ4n) is 3.67. The van der Waals surface area contributed by atoms with E-state index in [-0.39, 0.29) is 6.03 Å². The lowest BCUT2D eigenvalue weighted by atomic mass is 9.99. The maximum Gasteiger partial charge on any atom is 0.317 e. The third-order valence-corrected chi connectivity index (χ3v) is 4.98. The number of urea groups is 1. The second kappa shape index (κ2) is 8.51. The third kappa shape index (κ3) is 4.50. The summed E-state index contributed by atoms with van der Waals surface area (Å²) in [5.41, 5.74) is 1.10. The first-order valence-electron chi connectivity index (χ1n) is 9.41. The molecule has 6 nitrogen and oxygen atoms in total. The number of amides is 2. The zero-order chi connectivity index (χ0) is 16.8. The lowest BCUT2D eigenvalue weighted by Crippen LogP contribution is -2.46. The van der Waals surface area contributed by atoms with Gasteiger partial charge in [0.1, 0.15) is 5.82 Å². The van der Waals surface area contributed by atoms with Crippen molar-refractivity contribution < 1.29 is 9.53 Å². The van der Waals surface area contributed by atoms with E-state index in [1.165, 1.54) is 18.7 Å². The van der Waals surface area contributed by atoms with Gasteiger partial charge in [-0.25, -0.2) is 9.78 Å². The summed E-state index contributed by atoms with van der Waals surface area (Å²) in [7, 11) is 0. The van der Waals surface area contributed by atoms with Crippen molar-refractivity contribution in [2.24, 2.45) is 5.92 Å². The van der Waals surface area contributed by atoms with E-state index in [0.29, 0.717) is 12.5 Å². The van der Waals surface area contributed by atoms with Crippen molar-refractivity contribution >= 4 is 6.03 Å². The predicted molar refractivity (Wildman–Crippen MR) is 93.1 cm³/mol. The first kappa shape index (κ1) is 17.3. The number of carbonyl (C=O) groups excluding carboxylic acids is 1. The highest BCUT2D eigenvalue weighted by Gasteiger charge is 2.23. The van der Waals surface area contributed by atoms with E-state index in [4.69, 9.17) is 4.74 Å². The van der Waals surface area contributed by atoms with Crippen LogP contribution in [0.1, 0.15) is 44.1 Å². The van der Waals surface area contributed by atoms with Crippen LogP contribution in [-0.4, -0.2) is 53.3 Å². The SMILES string of the molecule is CCOCC1CCCN(C(=O)NCCc2cn3c(n2)CCCC3)C1. The van der Waals surface area contributed by atoms with Gasteiger partial charge in [0.05, 0.1) is 12.3 Å². The first-order chi connectivity index (χ1) is 11.8. The normalized spacial score (nSPS) is 20.7. The van der Waals surface area contributed by atoms with Crippen LogP contribution in [0, 0.1) is 5.92 Å². The highest BCUT2D eigenvalue weighted by atomic mass is 16.5. The number of nitrogens with zero attached hydrogens (tertiary/aromatic N) is 3. The van der Waals surface area contributed by atoms with Crippen LogP contribution in [0.2, 0.25) is 0 Å². The standard InChI is InChI=1S/C18H30N4O2/c1-2-24-14-15-6-5-11-22(12-15)18(23)19-9-8-16-13-21-10-4-3-7-17(21)20-16/h13,15H,2-12,14H2,1H3,(H,19,23). The molecular weight excluding hydrogens is 304 g/mol. The first-order valence-corrected chi connectivity index (χ1v) is 9.41. The Hall–Kier alpha value is -1.56. The molecule has 3 heterocycles.